The molecule has 1 unspecified atom stereocenters. The summed E-state index contributed by atoms with van der Waals surface area (Å²) in [5.74, 6) is -0.388. The third kappa shape index (κ3) is 4.93. The van der Waals surface area contributed by atoms with Crippen molar-refractivity contribution < 1.29 is 14.3 Å². The number of benzene rings is 2. The van der Waals surface area contributed by atoms with Crippen LogP contribution in [0.2, 0.25) is 0 Å². The van der Waals surface area contributed by atoms with E-state index in [1.165, 1.54) is 6.92 Å². The van der Waals surface area contributed by atoms with E-state index in [1.54, 1.807) is 31.4 Å². The second-order valence-corrected chi connectivity index (χ2v) is 5.11. The molecule has 1 atom stereocenters. The van der Waals surface area contributed by atoms with Crippen molar-refractivity contribution in [1.82, 2.24) is 5.32 Å². The van der Waals surface area contributed by atoms with Gasteiger partial charge in [0, 0.05) is 31.8 Å². The summed E-state index contributed by atoms with van der Waals surface area (Å²) in [5.41, 5.74) is 2.08. The first-order chi connectivity index (χ1) is 11.1. The van der Waals surface area contributed by atoms with Gasteiger partial charge in [0.15, 0.2) is 0 Å². The molecule has 5 heteroatoms. The summed E-state index contributed by atoms with van der Waals surface area (Å²) in [4.78, 5) is 23.3. The van der Waals surface area contributed by atoms with Gasteiger partial charge in [-0.15, -0.1) is 0 Å². The number of methoxy groups -OCH3 is 1. The molecule has 0 aliphatic carbocycles. The van der Waals surface area contributed by atoms with E-state index in [9.17, 15) is 9.59 Å². The molecule has 2 N–H and O–H groups in total. The minimum absolute atomic E-state index is 0.175. The fourth-order valence-electron chi connectivity index (χ4n) is 2.23. The molecule has 5 nitrogen and oxygen atoms in total. The highest BCUT2D eigenvalue weighted by molar-refractivity contribution is 5.96. The van der Waals surface area contributed by atoms with E-state index >= 15 is 0 Å². The number of anilines is 1. The van der Waals surface area contributed by atoms with Gasteiger partial charge in [-0.3, -0.25) is 9.59 Å². The lowest BCUT2D eigenvalue weighted by Gasteiger charge is -2.16. The first-order valence-electron chi connectivity index (χ1n) is 7.33. The van der Waals surface area contributed by atoms with Crippen molar-refractivity contribution in [2.24, 2.45) is 0 Å². The fraction of sp³-hybridized carbons (Fsp3) is 0.222. The maximum absolute atomic E-state index is 12.3. The highest BCUT2D eigenvalue weighted by Crippen LogP contribution is 2.15. The molecule has 0 aromatic heterocycles. The Bertz CT molecular complexity index is 671. The summed E-state index contributed by atoms with van der Waals surface area (Å²) in [7, 11) is 1.61. The van der Waals surface area contributed by atoms with Gasteiger partial charge in [-0.25, -0.2) is 0 Å². The minimum atomic E-state index is -0.213. The van der Waals surface area contributed by atoms with E-state index in [4.69, 9.17) is 4.74 Å². The van der Waals surface area contributed by atoms with Crippen molar-refractivity contribution in [2.45, 2.75) is 13.0 Å². The van der Waals surface area contributed by atoms with E-state index in [1.807, 2.05) is 30.3 Å². The van der Waals surface area contributed by atoms with E-state index in [2.05, 4.69) is 10.6 Å². The zero-order valence-corrected chi connectivity index (χ0v) is 13.2. The fourth-order valence-corrected chi connectivity index (χ4v) is 2.23. The smallest absolute Gasteiger partial charge is 0.251 e. The van der Waals surface area contributed by atoms with Crippen LogP contribution in [0.3, 0.4) is 0 Å². The maximum atomic E-state index is 12.3. The Labute approximate surface area is 135 Å². The third-order valence-corrected chi connectivity index (χ3v) is 3.35. The first kappa shape index (κ1) is 16.7. The molecule has 0 aliphatic heterocycles. The van der Waals surface area contributed by atoms with Gasteiger partial charge in [-0.1, -0.05) is 36.4 Å². The number of hydrogen-bond acceptors (Lipinski definition) is 3. The Morgan fingerprint density at radius 3 is 2.48 bits per heavy atom. The predicted molar refractivity (Wildman–Crippen MR) is 89.3 cm³/mol. The highest BCUT2D eigenvalue weighted by Gasteiger charge is 2.13. The summed E-state index contributed by atoms with van der Waals surface area (Å²) in [5, 5.41) is 5.51. The largest absolute Gasteiger partial charge is 0.375 e. The topological polar surface area (TPSA) is 67.4 Å². The van der Waals surface area contributed by atoms with Gasteiger partial charge in [0.05, 0.1) is 6.10 Å². The number of rotatable bonds is 6. The normalized spacial score (nSPS) is 11.6. The zero-order chi connectivity index (χ0) is 16.7. The van der Waals surface area contributed by atoms with Crippen LogP contribution >= 0.6 is 0 Å². The number of carbonyl (C=O) groups excluding carboxylic acids is 2. The number of ether oxygens (including phenoxy) is 1. The van der Waals surface area contributed by atoms with Crippen LogP contribution in [0.5, 0.6) is 0 Å². The average Bonchev–Trinajstić information content (AvgIpc) is 2.56. The number of nitrogens with one attached hydrogen (secondary N) is 2. The Balaban J connectivity index is 2.00. The summed E-state index contributed by atoms with van der Waals surface area (Å²) in [6, 6.07) is 16.5. The molecular weight excluding hydrogens is 292 g/mol. The molecule has 0 bridgehead atoms. The van der Waals surface area contributed by atoms with Crippen molar-refractivity contribution in [3.8, 4) is 0 Å². The Hall–Kier alpha value is -2.66. The van der Waals surface area contributed by atoms with Gasteiger partial charge >= 0.3 is 0 Å². The van der Waals surface area contributed by atoms with Gasteiger partial charge in [-0.2, -0.15) is 0 Å². The molecule has 0 saturated heterocycles. The van der Waals surface area contributed by atoms with E-state index < -0.39 is 0 Å². The number of amides is 2. The molecule has 0 spiro atoms. The number of carbonyl (C=O) groups is 2. The molecule has 0 radical (unpaired) electrons. The van der Waals surface area contributed by atoms with Crippen LogP contribution < -0.4 is 10.6 Å². The summed E-state index contributed by atoms with van der Waals surface area (Å²) in [6.07, 6.45) is -0.210. The van der Waals surface area contributed by atoms with E-state index in [0.717, 1.165) is 5.56 Å². The lowest BCUT2D eigenvalue weighted by Crippen LogP contribution is -2.29. The predicted octanol–water partition coefficient (Wildman–Crippen LogP) is 2.76. The maximum Gasteiger partial charge on any atom is 0.251 e. The molecule has 120 valence electrons. The zero-order valence-electron chi connectivity index (χ0n) is 13.2. The van der Waals surface area contributed by atoms with Crippen molar-refractivity contribution in [3.05, 3.63) is 65.7 Å². The Kier molecular flexibility index (Phi) is 5.88. The van der Waals surface area contributed by atoms with Crippen LogP contribution in [0, 0.1) is 0 Å². The van der Waals surface area contributed by atoms with Crippen LogP contribution in [0.25, 0.3) is 0 Å². The molecule has 2 aromatic carbocycles. The monoisotopic (exact) mass is 312 g/mol. The van der Waals surface area contributed by atoms with Crippen LogP contribution in [-0.4, -0.2) is 25.5 Å². The van der Waals surface area contributed by atoms with Crippen LogP contribution in [0.15, 0.2) is 54.6 Å². The van der Waals surface area contributed by atoms with Crippen molar-refractivity contribution in [2.75, 3.05) is 19.0 Å². The van der Waals surface area contributed by atoms with Crippen LogP contribution in [0.4, 0.5) is 5.69 Å². The second kappa shape index (κ2) is 8.10. The second-order valence-electron chi connectivity index (χ2n) is 5.11. The Morgan fingerprint density at radius 2 is 1.83 bits per heavy atom. The van der Waals surface area contributed by atoms with Crippen molar-refractivity contribution in [1.29, 1.82) is 0 Å². The summed E-state index contributed by atoms with van der Waals surface area (Å²) < 4.78 is 5.43. The quantitative estimate of drug-likeness (QED) is 0.862. The molecule has 2 aromatic rings. The molecular formula is C18H20N2O3. The van der Waals surface area contributed by atoms with Crippen molar-refractivity contribution >= 4 is 17.5 Å². The van der Waals surface area contributed by atoms with Gasteiger partial charge in [-0.05, 0) is 23.8 Å². The van der Waals surface area contributed by atoms with Crippen molar-refractivity contribution in [3.63, 3.8) is 0 Å². The lowest BCUT2D eigenvalue weighted by atomic mass is 10.1. The lowest BCUT2D eigenvalue weighted by molar-refractivity contribution is -0.114. The molecule has 0 fully saturated rings. The first-order valence-corrected chi connectivity index (χ1v) is 7.33. The van der Waals surface area contributed by atoms with E-state index in [0.29, 0.717) is 17.8 Å². The average molecular weight is 312 g/mol. The van der Waals surface area contributed by atoms with Crippen LogP contribution in [0.1, 0.15) is 28.9 Å². The minimum Gasteiger partial charge on any atom is -0.375 e. The highest BCUT2D eigenvalue weighted by atomic mass is 16.5. The van der Waals surface area contributed by atoms with Gasteiger partial charge in [0.2, 0.25) is 5.91 Å². The molecule has 23 heavy (non-hydrogen) atoms. The van der Waals surface area contributed by atoms with Gasteiger partial charge in [0.25, 0.3) is 5.91 Å². The van der Waals surface area contributed by atoms with Gasteiger partial charge in [0.1, 0.15) is 0 Å². The summed E-state index contributed by atoms with van der Waals surface area (Å²) in [6.45, 7) is 1.79. The number of hydrogen-bond donors (Lipinski definition) is 2. The molecule has 2 amide bonds. The van der Waals surface area contributed by atoms with Crippen LogP contribution in [-0.2, 0) is 9.53 Å². The standard InChI is InChI=1S/C18H20N2O3/c1-13(21)20-16-10-6-9-15(11-16)18(22)19-12-17(23-2)14-7-4-3-5-8-14/h3-11,17H,12H2,1-2H3,(H,19,22)(H,20,21). The molecule has 2 rings (SSSR count). The molecule has 0 saturated carbocycles. The third-order valence-electron chi connectivity index (χ3n) is 3.35. The van der Waals surface area contributed by atoms with Gasteiger partial charge < -0.3 is 15.4 Å². The Morgan fingerprint density at radius 1 is 1.09 bits per heavy atom. The van der Waals surface area contributed by atoms with E-state index in [-0.39, 0.29) is 17.9 Å². The molecule has 0 heterocycles. The SMILES string of the molecule is COC(CNC(=O)c1cccc(NC(C)=O)c1)c1ccccc1. The molecule has 0 aliphatic rings. The summed E-state index contributed by atoms with van der Waals surface area (Å²) >= 11 is 0.